The van der Waals surface area contributed by atoms with Crippen molar-refractivity contribution in [1.82, 2.24) is 5.32 Å². The van der Waals surface area contributed by atoms with Gasteiger partial charge in [0.1, 0.15) is 9.96 Å². The first kappa shape index (κ1) is 22.3. The maximum atomic E-state index is 12.7. The van der Waals surface area contributed by atoms with Crippen LogP contribution in [0.3, 0.4) is 0 Å². The predicted molar refractivity (Wildman–Crippen MR) is 117 cm³/mol. The fourth-order valence-corrected chi connectivity index (χ4v) is 4.79. The Balaban J connectivity index is 1.97. The van der Waals surface area contributed by atoms with Gasteiger partial charge in [-0.25, -0.2) is 8.42 Å². The van der Waals surface area contributed by atoms with Crippen LogP contribution in [0.15, 0.2) is 64.2 Å². The minimum atomic E-state index is -3.88. The molecule has 1 heterocycles. The number of ether oxygens (including phenoxy) is 1. The van der Waals surface area contributed by atoms with Gasteiger partial charge in [0, 0.05) is 12.1 Å². The molecule has 2 aromatic carbocycles. The lowest BCUT2D eigenvalue weighted by atomic mass is 10.1. The van der Waals surface area contributed by atoms with Crippen molar-refractivity contribution in [3.05, 3.63) is 71.1 Å². The molecule has 10 heteroatoms. The van der Waals surface area contributed by atoms with E-state index < -0.39 is 16.0 Å². The topological polar surface area (TPSA) is 122 Å². The number of amides is 1. The number of hydrogen-bond donors (Lipinski definition) is 3. The second-order valence-corrected chi connectivity index (χ2v) is 9.28. The highest BCUT2D eigenvalue weighted by Gasteiger charge is 2.20. The average molecular weight is 461 g/mol. The van der Waals surface area contributed by atoms with Crippen molar-refractivity contribution in [2.75, 3.05) is 11.3 Å². The van der Waals surface area contributed by atoms with Crippen molar-refractivity contribution in [2.24, 2.45) is 0 Å². The molecule has 3 rings (SSSR count). The molecule has 0 saturated heterocycles. The zero-order chi connectivity index (χ0) is 22.4. The second kappa shape index (κ2) is 9.63. The van der Waals surface area contributed by atoms with Gasteiger partial charge in [0.15, 0.2) is 5.75 Å². The maximum absolute atomic E-state index is 12.7. The Kier molecular flexibility index (Phi) is 6.93. The number of carboxylic acid groups (broad SMARTS) is 1. The highest BCUT2D eigenvalue weighted by Crippen LogP contribution is 2.33. The summed E-state index contributed by atoms with van der Waals surface area (Å²) < 4.78 is 33.9. The molecule has 31 heavy (non-hydrogen) atoms. The Morgan fingerprint density at radius 3 is 2.58 bits per heavy atom. The third-order valence-electron chi connectivity index (χ3n) is 4.06. The Morgan fingerprint density at radius 1 is 1.10 bits per heavy atom. The summed E-state index contributed by atoms with van der Waals surface area (Å²) in [5.41, 5.74) is 0.878. The number of rotatable bonds is 9. The van der Waals surface area contributed by atoms with Gasteiger partial charge in [-0.1, -0.05) is 18.2 Å². The molecule has 1 amide bonds. The van der Waals surface area contributed by atoms with Crippen LogP contribution in [0.2, 0.25) is 0 Å². The van der Waals surface area contributed by atoms with E-state index in [1.165, 1.54) is 24.3 Å². The molecule has 0 aliphatic carbocycles. The van der Waals surface area contributed by atoms with Crippen LogP contribution in [0.25, 0.3) is 0 Å². The summed E-state index contributed by atoms with van der Waals surface area (Å²) >= 11 is 1.06. The minimum Gasteiger partial charge on any atom is -0.481 e. The van der Waals surface area contributed by atoms with Gasteiger partial charge in [0.2, 0.25) is 0 Å². The molecule has 0 atom stereocenters. The Labute approximate surface area is 183 Å². The molecule has 3 aromatic rings. The summed E-state index contributed by atoms with van der Waals surface area (Å²) in [7, 11) is -3.88. The van der Waals surface area contributed by atoms with Gasteiger partial charge in [0.25, 0.3) is 15.9 Å². The van der Waals surface area contributed by atoms with Gasteiger partial charge >= 0.3 is 5.97 Å². The second-order valence-electron chi connectivity index (χ2n) is 6.43. The summed E-state index contributed by atoms with van der Waals surface area (Å²) in [5, 5.41) is 13.3. The standard InChI is InChI=1S/C21H20N2O6S2/c1-2-22-21(26)15-8-9-18(29-16-6-3-5-14(11-16)12-19(24)25)17(13-15)23-31(27,28)20-7-4-10-30-20/h3-11,13,23H,2,12H2,1H3,(H,22,26)(H,24,25). The van der Waals surface area contributed by atoms with E-state index in [0.717, 1.165) is 11.3 Å². The molecule has 0 radical (unpaired) electrons. The van der Waals surface area contributed by atoms with Crippen molar-refractivity contribution < 1.29 is 27.9 Å². The van der Waals surface area contributed by atoms with E-state index in [4.69, 9.17) is 9.84 Å². The predicted octanol–water partition coefficient (Wildman–Crippen LogP) is 3.72. The van der Waals surface area contributed by atoms with Crippen LogP contribution < -0.4 is 14.8 Å². The van der Waals surface area contributed by atoms with Crippen LogP contribution >= 0.6 is 11.3 Å². The van der Waals surface area contributed by atoms with Crippen LogP contribution in [0.5, 0.6) is 11.5 Å². The number of carbonyl (C=O) groups is 2. The van der Waals surface area contributed by atoms with Gasteiger partial charge in [-0.3, -0.25) is 14.3 Å². The average Bonchev–Trinajstić information content (AvgIpc) is 3.25. The van der Waals surface area contributed by atoms with E-state index in [9.17, 15) is 18.0 Å². The minimum absolute atomic E-state index is 0.0841. The number of thiophene rings is 1. The van der Waals surface area contributed by atoms with Crippen LogP contribution in [-0.4, -0.2) is 31.9 Å². The molecule has 1 aromatic heterocycles. The third kappa shape index (κ3) is 5.83. The zero-order valence-corrected chi connectivity index (χ0v) is 18.1. The summed E-state index contributed by atoms with van der Waals surface area (Å²) in [4.78, 5) is 23.2. The normalized spacial score (nSPS) is 11.0. The smallest absolute Gasteiger partial charge is 0.307 e. The molecule has 3 N–H and O–H groups in total. The summed E-state index contributed by atoms with van der Waals surface area (Å²) in [6.07, 6.45) is -0.175. The number of benzene rings is 2. The van der Waals surface area contributed by atoms with Gasteiger partial charge < -0.3 is 15.2 Å². The molecular weight excluding hydrogens is 440 g/mol. The lowest BCUT2D eigenvalue weighted by Gasteiger charge is -2.15. The van der Waals surface area contributed by atoms with E-state index in [-0.39, 0.29) is 33.5 Å². The zero-order valence-electron chi connectivity index (χ0n) is 16.5. The highest BCUT2D eigenvalue weighted by molar-refractivity contribution is 7.94. The summed E-state index contributed by atoms with van der Waals surface area (Å²) in [6, 6.07) is 14.0. The quantitative estimate of drug-likeness (QED) is 0.447. The Hall–Kier alpha value is -3.37. The van der Waals surface area contributed by atoms with Gasteiger partial charge in [-0.15, -0.1) is 11.3 Å². The van der Waals surface area contributed by atoms with E-state index in [2.05, 4.69) is 10.0 Å². The van der Waals surface area contributed by atoms with Crippen LogP contribution in [0.4, 0.5) is 5.69 Å². The van der Waals surface area contributed by atoms with Crippen LogP contribution in [0, 0.1) is 0 Å². The van der Waals surface area contributed by atoms with Crippen molar-refractivity contribution >= 4 is 38.9 Å². The van der Waals surface area contributed by atoms with E-state index >= 15 is 0 Å². The Morgan fingerprint density at radius 2 is 1.90 bits per heavy atom. The molecule has 0 aliphatic rings. The SMILES string of the molecule is CCNC(=O)c1ccc(Oc2cccc(CC(=O)O)c2)c(NS(=O)(=O)c2cccs2)c1. The van der Waals surface area contributed by atoms with E-state index in [1.54, 1.807) is 42.6 Å². The fraction of sp³-hybridized carbons (Fsp3) is 0.143. The number of anilines is 1. The molecule has 0 aliphatic heterocycles. The monoisotopic (exact) mass is 460 g/mol. The van der Waals surface area contributed by atoms with Gasteiger partial charge in [-0.2, -0.15) is 0 Å². The first-order valence-corrected chi connectivity index (χ1v) is 11.6. The van der Waals surface area contributed by atoms with Crippen molar-refractivity contribution in [3.8, 4) is 11.5 Å². The van der Waals surface area contributed by atoms with Gasteiger partial charge in [0.05, 0.1) is 12.1 Å². The third-order valence-corrected chi connectivity index (χ3v) is 6.83. The molecule has 0 spiro atoms. The number of aliphatic carboxylic acids is 1. The van der Waals surface area contributed by atoms with E-state index in [1.807, 2.05) is 0 Å². The van der Waals surface area contributed by atoms with Gasteiger partial charge in [-0.05, 0) is 54.3 Å². The highest BCUT2D eigenvalue weighted by atomic mass is 32.2. The Bertz CT molecular complexity index is 1190. The number of hydrogen-bond acceptors (Lipinski definition) is 6. The van der Waals surface area contributed by atoms with Crippen molar-refractivity contribution in [2.45, 2.75) is 17.6 Å². The molecule has 162 valence electrons. The molecule has 0 saturated carbocycles. The molecular formula is C21H20N2O6S2. The molecule has 0 unspecified atom stereocenters. The first-order chi connectivity index (χ1) is 14.8. The van der Waals surface area contributed by atoms with Crippen LogP contribution in [0.1, 0.15) is 22.8 Å². The maximum Gasteiger partial charge on any atom is 0.307 e. The van der Waals surface area contributed by atoms with E-state index in [0.29, 0.717) is 17.9 Å². The lowest BCUT2D eigenvalue weighted by molar-refractivity contribution is -0.136. The van der Waals surface area contributed by atoms with Crippen LogP contribution in [-0.2, 0) is 21.2 Å². The fourth-order valence-electron chi connectivity index (χ4n) is 2.73. The molecule has 8 nitrogen and oxygen atoms in total. The largest absolute Gasteiger partial charge is 0.481 e. The van der Waals surface area contributed by atoms with Crippen molar-refractivity contribution in [3.63, 3.8) is 0 Å². The first-order valence-electron chi connectivity index (χ1n) is 9.25. The van der Waals surface area contributed by atoms with Crippen molar-refractivity contribution in [1.29, 1.82) is 0 Å². The molecule has 0 fully saturated rings. The summed E-state index contributed by atoms with van der Waals surface area (Å²) in [5.74, 6) is -0.830. The molecule has 0 bridgehead atoms. The number of sulfonamides is 1. The lowest BCUT2D eigenvalue weighted by Crippen LogP contribution is -2.23. The number of carboxylic acids is 1. The number of carbonyl (C=O) groups excluding carboxylic acids is 1. The summed E-state index contributed by atoms with van der Waals surface area (Å²) in [6.45, 7) is 2.20. The number of nitrogens with one attached hydrogen (secondary N) is 2.